The highest BCUT2D eigenvalue weighted by Gasteiger charge is 2.19. The highest BCUT2D eigenvalue weighted by molar-refractivity contribution is 8.00. The van der Waals surface area contributed by atoms with Gasteiger partial charge in [0, 0.05) is 35.8 Å². The minimum absolute atomic E-state index is 0.0575. The second-order valence-corrected chi connectivity index (χ2v) is 6.63. The fraction of sp³-hybridized carbons (Fsp3) is 0.571. The van der Waals surface area contributed by atoms with E-state index in [0.717, 1.165) is 36.5 Å². The van der Waals surface area contributed by atoms with Crippen LogP contribution >= 0.6 is 11.8 Å². The van der Waals surface area contributed by atoms with Gasteiger partial charge in [-0.15, -0.1) is 0 Å². The van der Waals surface area contributed by atoms with E-state index in [9.17, 15) is 4.39 Å². The average molecular weight is 268 g/mol. The van der Waals surface area contributed by atoms with Crippen LogP contribution in [0.2, 0.25) is 0 Å². The summed E-state index contributed by atoms with van der Waals surface area (Å²) in [4.78, 5) is 2.36. The molecule has 0 spiro atoms. The van der Waals surface area contributed by atoms with Crippen LogP contribution in [0.5, 0.6) is 0 Å². The van der Waals surface area contributed by atoms with E-state index in [1.165, 1.54) is 0 Å². The molecule has 0 radical (unpaired) electrons. The van der Waals surface area contributed by atoms with Crippen LogP contribution in [0.25, 0.3) is 0 Å². The molecule has 2 rings (SSSR count). The molecular weight excluding hydrogens is 247 g/mol. The van der Waals surface area contributed by atoms with Gasteiger partial charge in [0.1, 0.15) is 5.82 Å². The minimum atomic E-state index is -0.172. The summed E-state index contributed by atoms with van der Waals surface area (Å²) < 4.78 is 13.4. The van der Waals surface area contributed by atoms with E-state index in [1.807, 2.05) is 24.8 Å². The van der Waals surface area contributed by atoms with Crippen LogP contribution in [0.1, 0.15) is 19.4 Å². The van der Waals surface area contributed by atoms with Gasteiger partial charge >= 0.3 is 0 Å². The summed E-state index contributed by atoms with van der Waals surface area (Å²) in [5, 5.41) is 0.631. The Bertz CT molecular complexity index is 409. The summed E-state index contributed by atoms with van der Waals surface area (Å²) in [7, 11) is 0. The van der Waals surface area contributed by atoms with Crippen LogP contribution in [0.4, 0.5) is 10.1 Å². The van der Waals surface area contributed by atoms with E-state index in [2.05, 4.69) is 11.8 Å². The third-order valence-corrected chi connectivity index (χ3v) is 4.30. The Morgan fingerprint density at radius 1 is 1.56 bits per heavy atom. The van der Waals surface area contributed by atoms with Crippen molar-refractivity contribution < 1.29 is 4.39 Å². The number of hydrogen-bond donors (Lipinski definition) is 1. The highest BCUT2D eigenvalue weighted by atomic mass is 32.2. The van der Waals surface area contributed by atoms with Gasteiger partial charge in [0.15, 0.2) is 0 Å². The van der Waals surface area contributed by atoms with E-state index < -0.39 is 0 Å². The molecule has 0 amide bonds. The van der Waals surface area contributed by atoms with Crippen LogP contribution in [-0.4, -0.2) is 30.1 Å². The molecule has 0 saturated carbocycles. The van der Waals surface area contributed by atoms with Gasteiger partial charge in [0.2, 0.25) is 0 Å². The van der Waals surface area contributed by atoms with Gasteiger partial charge in [0.25, 0.3) is 0 Å². The maximum atomic E-state index is 13.4. The molecule has 0 aromatic heterocycles. The zero-order valence-electron chi connectivity index (χ0n) is 11.0. The molecule has 2 nitrogen and oxygen atoms in total. The van der Waals surface area contributed by atoms with Gasteiger partial charge in [-0.2, -0.15) is 11.8 Å². The van der Waals surface area contributed by atoms with Crippen molar-refractivity contribution in [1.29, 1.82) is 0 Å². The summed E-state index contributed by atoms with van der Waals surface area (Å²) >= 11 is 2.00. The quantitative estimate of drug-likeness (QED) is 0.914. The summed E-state index contributed by atoms with van der Waals surface area (Å²) in [6, 6.07) is 5.13. The number of hydrogen-bond acceptors (Lipinski definition) is 3. The number of benzene rings is 1. The molecule has 0 aliphatic carbocycles. The maximum Gasteiger partial charge on any atom is 0.123 e. The van der Waals surface area contributed by atoms with Crippen molar-refractivity contribution in [3.8, 4) is 0 Å². The molecule has 1 fully saturated rings. The SMILES string of the molecule is CC(N)Cc1cc(F)ccc1N1CCSC(C)C1. The highest BCUT2D eigenvalue weighted by Crippen LogP contribution is 2.28. The molecule has 1 saturated heterocycles. The normalized spacial score (nSPS) is 22.0. The lowest BCUT2D eigenvalue weighted by molar-refractivity contribution is 0.621. The molecule has 1 heterocycles. The van der Waals surface area contributed by atoms with Crippen molar-refractivity contribution in [3.05, 3.63) is 29.6 Å². The Kier molecular flexibility index (Phi) is 4.51. The van der Waals surface area contributed by atoms with Crippen molar-refractivity contribution in [2.75, 3.05) is 23.7 Å². The second kappa shape index (κ2) is 5.93. The Hall–Kier alpha value is -0.740. The van der Waals surface area contributed by atoms with E-state index in [4.69, 9.17) is 5.73 Å². The Morgan fingerprint density at radius 3 is 3.00 bits per heavy atom. The van der Waals surface area contributed by atoms with Gasteiger partial charge in [0.05, 0.1) is 0 Å². The number of nitrogens with zero attached hydrogens (tertiary/aromatic N) is 1. The Balaban J connectivity index is 2.25. The lowest BCUT2D eigenvalue weighted by atomic mass is 10.0. The van der Waals surface area contributed by atoms with Crippen LogP contribution < -0.4 is 10.6 Å². The minimum Gasteiger partial charge on any atom is -0.369 e. The fourth-order valence-corrected chi connectivity index (χ4v) is 3.42. The van der Waals surface area contributed by atoms with Crippen LogP contribution in [0, 0.1) is 5.82 Å². The van der Waals surface area contributed by atoms with E-state index in [1.54, 1.807) is 12.1 Å². The van der Waals surface area contributed by atoms with Gasteiger partial charge in [-0.05, 0) is 37.1 Å². The monoisotopic (exact) mass is 268 g/mol. The second-order valence-electron chi connectivity index (χ2n) is 5.08. The van der Waals surface area contributed by atoms with Crippen molar-refractivity contribution in [2.24, 2.45) is 5.73 Å². The zero-order valence-corrected chi connectivity index (χ0v) is 11.8. The Morgan fingerprint density at radius 2 is 2.33 bits per heavy atom. The van der Waals surface area contributed by atoms with E-state index in [-0.39, 0.29) is 11.9 Å². The maximum absolute atomic E-state index is 13.4. The number of halogens is 1. The number of thioether (sulfide) groups is 1. The van der Waals surface area contributed by atoms with E-state index >= 15 is 0 Å². The first-order chi connectivity index (χ1) is 8.56. The molecular formula is C14H21FN2S. The van der Waals surface area contributed by atoms with Crippen molar-refractivity contribution >= 4 is 17.4 Å². The van der Waals surface area contributed by atoms with Gasteiger partial charge in [-0.3, -0.25) is 0 Å². The van der Waals surface area contributed by atoms with E-state index in [0.29, 0.717) is 5.25 Å². The first-order valence-corrected chi connectivity index (χ1v) is 7.51. The lowest BCUT2D eigenvalue weighted by Gasteiger charge is -2.34. The van der Waals surface area contributed by atoms with Gasteiger partial charge < -0.3 is 10.6 Å². The van der Waals surface area contributed by atoms with Crippen LogP contribution in [-0.2, 0) is 6.42 Å². The fourth-order valence-electron chi connectivity index (χ4n) is 2.41. The third-order valence-electron chi connectivity index (χ3n) is 3.17. The molecule has 1 aliphatic rings. The van der Waals surface area contributed by atoms with Crippen molar-refractivity contribution in [1.82, 2.24) is 0 Å². The third kappa shape index (κ3) is 3.39. The molecule has 2 N–H and O–H groups in total. The molecule has 2 atom stereocenters. The molecule has 1 aromatic carbocycles. The van der Waals surface area contributed by atoms with Crippen LogP contribution in [0.15, 0.2) is 18.2 Å². The molecule has 18 heavy (non-hydrogen) atoms. The topological polar surface area (TPSA) is 29.3 Å². The van der Waals surface area contributed by atoms with Crippen molar-refractivity contribution in [2.45, 2.75) is 31.6 Å². The number of rotatable bonds is 3. The summed E-state index contributed by atoms with van der Waals surface area (Å²) in [5.41, 5.74) is 8.04. The molecule has 2 unspecified atom stereocenters. The zero-order chi connectivity index (χ0) is 13.1. The van der Waals surface area contributed by atoms with Crippen molar-refractivity contribution in [3.63, 3.8) is 0 Å². The average Bonchev–Trinajstić information content (AvgIpc) is 2.28. The number of nitrogens with two attached hydrogens (primary N) is 1. The number of anilines is 1. The molecule has 1 aliphatic heterocycles. The molecule has 100 valence electrons. The first kappa shape index (κ1) is 13.7. The smallest absolute Gasteiger partial charge is 0.123 e. The molecule has 0 bridgehead atoms. The predicted molar refractivity (Wildman–Crippen MR) is 77.9 cm³/mol. The Labute approximate surface area is 113 Å². The lowest BCUT2D eigenvalue weighted by Crippen LogP contribution is -2.37. The van der Waals surface area contributed by atoms with Gasteiger partial charge in [-0.25, -0.2) is 4.39 Å². The standard InChI is InChI=1S/C14H21FN2S/c1-10(16)7-12-8-13(15)3-4-14(12)17-5-6-18-11(2)9-17/h3-4,8,10-11H,5-7,9,16H2,1-2H3. The summed E-state index contributed by atoms with van der Waals surface area (Å²) in [6.45, 7) is 6.27. The largest absolute Gasteiger partial charge is 0.369 e. The first-order valence-electron chi connectivity index (χ1n) is 6.47. The molecule has 4 heteroatoms. The predicted octanol–water partition coefficient (Wildman–Crippen LogP) is 2.66. The summed E-state index contributed by atoms with van der Waals surface area (Å²) in [6.07, 6.45) is 0.727. The molecule has 1 aromatic rings. The summed E-state index contributed by atoms with van der Waals surface area (Å²) in [5.74, 6) is 0.963. The van der Waals surface area contributed by atoms with Crippen LogP contribution in [0.3, 0.4) is 0 Å². The van der Waals surface area contributed by atoms with Gasteiger partial charge in [-0.1, -0.05) is 6.92 Å².